The molecule has 1 fully saturated rings. The molecule has 0 spiro atoms. The zero-order valence-electron chi connectivity index (χ0n) is 19.5. The van der Waals surface area contributed by atoms with Crippen molar-refractivity contribution in [1.29, 1.82) is 0 Å². The number of rotatable bonds is 4. The number of hydrogen-bond acceptors (Lipinski definition) is 5. The summed E-state index contributed by atoms with van der Waals surface area (Å²) >= 11 is 0. The summed E-state index contributed by atoms with van der Waals surface area (Å²) in [4.78, 5) is 14.6. The molecule has 1 saturated heterocycles. The SMILES string of the molecule is [C-]#[N+]c1ccc(-c2nc(N3CCC(N)CC3)nc3ccc(-c4ccccc4OC(F)(F)F)cc23)cc1F. The zero-order chi connectivity index (χ0) is 26.2. The number of halogens is 4. The van der Waals surface area contributed by atoms with E-state index in [1.54, 1.807) is 30.3 Å². The van der Waals surface area contributed by atoms with Gasteiger partial charge in [0.25, 0.3) is 0 Å². The molecule has 1 aliphatic heterocycles. The Morgan fingerprint density at radius 3 is 2.41 bits per heavy atom. The molecule has 3 aromatic carbocycles. The highest BCUT2D eigenvalue weighted by atomic mass is 19.4. The normalized spacial score (nSPS) is 14.5. The van der Waals surface area contributed by atoms with E-state index >= 15 is 0 Å². The van der Waals surface area contributed by atoms with Crippen molar-refractivity contribution in [2.24, 2.45) is 5.73 Å². The van der Waals surface area contributed by atoms with E-state index in [0.717, 1.165) is 12.8 Å². The molecule has 188 valence electrons. The van der Waals surface area contributed by atoms with Gasteiger partial charge in [0.15, 0.2) is 0 Å². The van der Waals surface area contributed by atoms with Gasteiger partial charge in [-0.1, -0.05) is 36.4 Å². The Balaban J connectivity index is 1.68. The molecule has 0 atom stereocenters. The van der Waals surface area contributed by atoms with E-state index in [4.69, 9.17) is 22.3 Å². The lowest BCUT2D eigenvalue weighted by Gasteiger charge is -2.30. The largest absolute Gasteiger partial charge is 0.573 e. The van der Waals surface area contributed by atoms with Crippen LogP contribution in [0.2, 0.25) is 0 Å². The highest BCUT2D eigenvalue weighted by Gasteiger charge is 2.32. The van der Waals surface area contributed by atoms with Gasteiger partial charge in [0.2, 0.25) is 11.6 Å². The topological polar surface area (TPSA) is 68.6 Å². The first-order valence-electron chi connectivity index (χ1n) is 11.6. The molecule has 0 unspecified atom stereocenters. The summed E-state index contributed by atoms with van der Waals surface area (Å²) in [5, 5.41) is 0.520. The fraction of sp³-hybridized carbons (Fsp3) is 0.222. The summed E-state index contributed by atoms with van der Waals surface area (Å²) in [5.74, 6) is -0.576. The Hall–Kier alpha value is -4.23. The number of para-hydroxylation sites is 1. The van der Waals surface area contributed by atoms with Gasteiger partial charge in [0.1, 0.15) is 11.6 Å². The highest BCUT2D eigenvalue weighted by Crippen LogP contribution is 2.38. The van der Waals surface area contributed by atoms with Gasteiger partial charge in [-0.2, -0.15) is 0 Å². The average molecular weight is 507 g/mol. The van der Waals surface area contributed by atoms with Crippen molar-refractivity contribution < 1.29 is 22.3 Å². The van der Waals surface area contributed by atoms with Crippen LogP contribution in [0.5, 0.6) is 5.75 Å². The lowest BCUT2D eigenvalue weighted by Crippen LogP contribution is -2.40. The smallest absolute Gasteiger partial charge is 0.405 e. The third-order valence-corrected chi connectivity index (χ3v) is 6.27. The molecule has 2 N–H and O–H groups in total. The van der Waals surface area contributed by atoms with Gasteiger partial charge in [-0.05, 0) is 42.7 Å². The van der Waals surface area contributed by atoms with E-state index in [1.165, 1.54) is 30.3 Å². The first-order chi connectivity index (χ1) is 17.7. The summed E-state index contributed by atoms with van der Waals surface area (Å²) in [7, 11) is 0. The number of nitrogens with zero attached hydrogens (tertiary/aromatic N) is 4. The van der Waals surface area contributed by atoms with Crippen LogP contribution < -0.4 is 15.4 Å². The van der Waals surface area contributed by atoms with E-state index in [9.17, 15) is 17.6 Å². The number of fused-ring (bicyclic) bond motifs is 1. The quantitative estimate of drug-likeness (QED) is 0.253. The monoisotopic (exact) mass is 507 g/mol. The van der Waals surface area contributed by atoms with Gasteiger partial charge in [0.05, 0.1) is 17.8 Å². The van der Waals surface area contributed by atoms with Crippen LogP contribution >= 0.6 is 0 Å². The van der Waals surface area contributed by atoms with Crippen LogP contribution in [0.25, 0.3) is 38.1 Å². The molecule has 0 saturated carbocycles. The van der Waals surface area contributed by atoms with Gasteiger partial charge in [0, 0.05) is 35.6 Å². The van der Waals surface area contributed by atoms with Crippen LogP contribution in [-0.2, 0) is 0 Å². The predicted octanol–water partition coefficient (Wildman–Crippen LogP) is 6.48. The van der Waals surface area contributed by atoms with Crippen molar-refractivity contribution in [3.63, 3.8) is 0 Å². The molecule has 0 aliphatic carbocycles. The summed E-state index contributed by atoms with van der Waals surface area (Å²) in [6.07, 6.45) is -3.30. The minimum Gasteiger partial charge on any atom is -0.405 e. The summed E-state index contributed by atoms with van der Waals surface area (Å²) in [6.45, 7) is 8.46. The van der Waals surface area contributed by atoms with Crippen molar-refractivity contribution in [1.82, 2.24) is 9.97 Å². The molecule has 1 aromatic heterocycles. The molecule has 4 aromatic rings. The number of hydrogen-bond donors (Lipinski definition) is 1. The molecule has 0 amide bonds. The van der Waals surface area contributed by atoms with Gasteiger partial charge < -0.3 is 15.4 Å². The number of anilines is 1. The third-order valence-electron chi connectivity index (χ3n) is 6.27. The minimum absolute atomic E-state index is 0.105. The maximum atomic E-state index is 14.6. The zero-order valence-corrected chi connectivity index (χ0v) is 19.5. The minimum atomic E-state index is -4.85. The summed E-state index contributed by atoms with van der Waals surface area (Å²) in [6, 6.07) is 15.2. The molecule has 5 rings (SSSR count). The van der Waals surface area contributed by atoms with Crippen molar-refractivity contribution in [3.8, 4) is 28.1 Å². The molecule has 0 bridgehead atoms. The van der Waals surface area contributed by atoms with Crippen LogP contribution in [0.3, 0.4) is 0 Å². The first-order valence-corrected chi connectivity index (χ1v) is 11.6. The Kier molecular flexibility index (Phi) is 6.39. The van der Waals surface area contributed by atoms with Gasteiger partial charge in [-0.15, -0.1) is 13.2 Å². The second kappa shape index (κ2) is 9.67. The van der Waals surface area contributed by atoms with Gasteiger partial charge in [-0.3, -0.25) is 0 Å². The lowest BCUT2D eigenvalue weighted by atomic mass is 9.99. The fourth-order valence-electron chi connectivity index (χ4n) is 4.41. The van der Waals surface area contributed by atoms with Gasteiger partial charge >= 0.3 is 6.36 Å². The van der Waals surface area contributed by atoms with Crippen molar-refractivity contribution in [2.75, 3.05) is 18.0 Å². The Morgan fingerprint density at radius 2 is 1.70 bits per heavy atom. The number of benzene rings is 3. The Labute approximate surface area is 210 Å². The Morgan fingerprint density at radius 1 is 0.973 bits per heavy atom. The van der Waals surface area contributed by atoms with E-state index < -0.39 is 12.2 Å². The third kappa shape index (κ3) is 5.17. The molecule has 0 radical (unpaired) electrons. The van der Waals surface area contributed by atoms with Crippen LogP contribution in [0.1, 0.15) is 12.8 Å². The van der Waals surface area contributed by atoms with Crippen LogP contribution in [0.15, 0.2) is 60.7 Å². The molecule has 6 nitrogen and oxygen atoms in total. The van der Waals surface area contributed by atoms with Crippen molar-refractivity contribution in [3.05, 3.63) is 77.9 Å². The van der Waals surface area contributed by atoms with Crippen molar-refractivity contribution in [2.45, 2.75) is 25.2 Å². The predicted molar refractivity (Wildman–Crippen MR) is 133 cm³/mol. The first kappa shape index (κ1) is 24.5. The second-order valence-electron chi connectivity index (χ2n) is 8.75. The van der Waals surface area contributed by atoms with E-state index in [0.29, 0.717) is 46.8 Å². The lowest BCUT2D eigenvalue weighted by molar-refractivity contribution is -0.274. The molecule has 37 heavy (non-hydrogen) atoms. The maximum Gasteiger partial charge on any atom is 0.573 e. The van der Waals surface area contributed by atoms with Crippen LogP contribution in [-0.4, -0.2) is 35.5 Å². The standard InChI is InChI=1S/C27H21F4N5O/c1-33-23-9-7-17(15-21(23)28)25-20-14-16(19-4-2-3-5-24(19)37-27(29,30)31)6-8-22(20)34-26(35-25)36-12-10-18(32)11-13-36/h2-9,14-15,18H,10-13,32H2. The molecular formula is C27H21F4N5O. The van der Waals surface area contributed by atoms with Crippen LogP contribution in [0, 0.1) is 12.4 Å². The average Bonchev–Trinajstić information content (AvgIpc) is 2.87. The van der Waals surface area contributed by atoms with Crippen LogP contribution in [0.4, 0.5) is 29.2 Å². The van der Waals surface area contributed by atoms with E-state index in [1.807, 2.05) is 4.90 Å². The molecular weight excluding hydrogens is 486 g/mol. The highest BCUT2D eigenvalue weighted by molar-refractivity contribution is 5.96. The molecule has 1 aliphatic rings. The molecule has 10 heteroatoms. The Bertz CT molecular complexity index is 1510. The number of alkyl halides is 3. The maximum absolute atomic E-state index is 14.6. The fourth-order valence-corrected chi connectivity index (χ4v) is 4.41. The number of aromatic nitrogens is 2. The van der Waals surface area contributed by atoms with Crippen molar-refractivity contribution >= 4 is 22.5 Å². The summed E-state index contributed by atoms with van der Waals surface area (Å²) < 4.78 is 57.8. The second-order valence-corrected chi connectivity index (χ2v) is 8.75. The molecule has 2 heterocycles. The van der Waals surface area contributed by atoms with E-state index in [-0.39, 0.29) is 23.0 Å². The summed E-state index contributed by atoms with van der Waals surface area (Å²) in [5.41, 5.74) is 7.97. The number of nitrogens with two attached hydrogens (primary N) is 1. The number of piperidine rings is 1. The van der Waals surface area contributed by atoms with E-state index in [2.05, 4.69) is 9.58 Å². The van der Waals surface area contributed by atoms with Gasteiger partial charge in [-0.25, -0.2) is 19.2 Å². The number of ether oxygens (including phenoxy) is 1.